The molecular formula is C23H17ClF2N6O5S. The highest BCUT2D eigenvalue weighted by Crippen LogP contribution is 2.29. The van der Waals surface area contributed by atoms with Crippen molar-refractivity contribution in [3.63, 3.8) is 0 Å². The first-order chi connectivity index (χ1) is 18.0. The van der Waals surface area contributed by atoms with Crippen molar-refractivity contribution in [3.05, 3.63) is 83.3 Å². The first-order valence-electron chi connectivity index (χ1n) is 10.6. The van der Waals surface area contributed by atoms with Crippen LogP contribution in [0.3, 0.4) is 0 Å². The molecule has 2 N–H and O–H groups in total. The quantitative estimate of drug-likeness (QED) is 0.314. The number of rotatable bonds is 6. The molecule has 0 aliphatic heterocycles. The van der Waals surface area contributed by atoms with Gasteiger partial charge in [-0.05, 0) is 49.4 Å². The molecule has 196 valence electrons. The highest BCUT2D eigenvalue weighted by molar-refractivity contribution is 7.92. The lowest BCUT2D eigenvalue weighted by molar-refractivity contribution is -0.139. The third kappa shape index (κ3) is 5.92. The van der Waals surface area contributed by atoms with Crippen LogP contribution in [0.1, 0.15) is 5.69 Å². The van der Waals surface area contributed by atoms with Crippen molar-refractivity contribution >= 4 is 50.0 Å². The largest absolute Gasteiger partial charge is 0.480 e. The van der Waals surface area contributed by atoms with E-state index in [1.165, 1.54) is 6.20 Å². The molecule has 0 aliphatic carbocycles. The van der Waals surface area contributed by atoms with E-state index < -0.39 is 45.1 Å². The van der Waals surface area contributed by atoms with Gasteiger partial charge in [-0.3, -0.25) is 9.71 Å². The minimum Gasteiger partial charge on any atom is -0.480 e. The Hall–Kier alpha value is -4.43. The Bertz CT molecular complexity index is 1750. The first kappa shape index (κ1) is 26.6. The van der Waals surface area contributed by atoms with Gasteiger partial charge in [0, 0.05) is 23.5 Å². The number of carbonyl (C=O) groups is 1. The van der Waals surface area contributed by atoms with Crippen molar-refractivity contribution in [2.75, 3.05) is 11.3 Å². The Labute approximate surface area is 218 Å². The highest BCUT2D eigenvalue weighted by Gasteiger charge is 2.24. The Kier molecular flexibility index (Phi) is 7.64. The molecule has 0 spiro atoms. The molecule has 15 heteroatoms. The number of anilines is 1. The number of carboxylic acids is 1. The monoisotopic (exact) mass is 562 g/mol. The summed E-state index contributed by atoms with van der Waals surface area (Å²) < 4.78 is 59.4. The number of fused-ring (bicyclic) bond motifs is 2. The molecule has 38 heavy (non-hydrogen) atoms. The second-order valence-corrected chi connectivity index (χ2v) is 9.52. The van der Waals surface area contributed by atoms with Gasteiger partial charge in [0.25, 0.3) is 21.0 Å². The zero-order valence-corrected chi connectivity index (χ0v) is 20.9. The number of hydrogen-bond acceptors (Lipinski definition) is 8. The predicted octanol–water partition coefficient (Wildman–Crippen LogP) is 3.86. The number of aryl methyl sites for hydroxylation is 1. The number of ether oxygens (including phenoxy) is 1. The maximum absolute atomic E-state index is 13.5. The molecule has 0 fully saturated rings. The van der Waals surface area contributed by atoms with Crippen LogP contribution in [0.4, 0.5) is 14.5 Å². The van der Waals surface area contributed by atoms with E-state index in [1.54, 1.807) is 48.2 Å². The Balaban J connectivity index is 0.000000186. The number of nitrogens with zero attached hydrogens (tertiary/aromatic N) is 5. The van der Waals surface area contributed by atoms with Gasteiger partial charge in [-0.1, -0.05) is 17.7 Å². The number of aromatic nitrogens is 5. The normalized spacial score (nSPS) is 11.2. The van der Waals surface area contributed by atoms with Crippen LogP contribution in [-0.4, -0.2) is 50.7 Å². The number of benzene rings is 2. The maximum atomic E-state index is 13.5. The molecule has 0 saturated heterocycles. The summed E-state index contributed by atoms with van der Waals surface area (Å²) >= 11 is 5.98. The van der Waals surface area contributed by atoms with Gasteiger partial charge in [0.2, 0.25) is 0 Å². The fourth-order valence-corrected chi connectivity index (χ4v) is 4.27. The molecule has 0 atom stereocenters. The Morgan fingerprint density at radius 3 is 2.55 bits per heavy atom. The molecule has 3 heterocycles. The molecular weight excluding hydrogens is 546 g/mol. The van der Waals surface area contributed by atoms with Crippen LogP contribution in [-0.2, 0) is 14.8 Å². The second-order valence-electron chi connectivity index (χ2n) is 7.54. The number of para-hydroxylation sites is 1. The van der Waals surface area contributed by atoms with Gasteiger partial charge in [0.1, 0.15) is 28.6 Å². The van der Waals surface area contributed by atoms with E-state index in [1.807, 2.05) is 0 Å². The fourth-order valence-electron chi connectivity index (χ4n) is 3.10. The minimum absolute atomic E-state index is 0.0642. The van der Waals surface area contributed by atoms with Gasteiger partial charge in [0.05, 0.1) is 5.02 Å². The van der Waals surface area contributed by atoms with Gasteiger partial charge in [0.15, 0.2) is 6.61 Å². The molecule has 0 saturated carbocycles. The Morgan fingerprint density at radius 1 is 1.11 bits per heavy atom. The summed E-state index contributed by atoms with van der Waals surface area (Å²) in [6.45, 7) is 1.31. The number of sulfonamides is 1. The van der Waals surface area contributed by atoms with Gasteiger partial charge >= 0.3 is 5.97 Å². The van der Waals surface area contributed by atoms with Crippen molar-refractivity contribution < 1.29 is 31.8 Å². The van der Waals surface area contributed by atoms with Crippen LogP contribution in [0.5, 0.6) is 5.75 Å². The highest BCUT2D eigenvalue weighted by atomic mass is 35.5. The van der Waals surface area contributed by atoms with Crippen LogP contribution in [0, 0.1) is 18.6 Å². The molecule has 5 aromatic rings. The van der Waals surface area contributed by atoms with Crippen LogP contribution in [0.2, 0.25) is 5.02 Å². The molecule has 0 unspecified atom stereocenters. The molecule has 0 amide bonds. The fraction of sp³-hybridized carbons (Fsp3) is 0.0870. The van der Waals surface area contributed by atoms with E-state index in [9.17, 15) is 22.0 Å². The molecule has 0 bridgehead atoms. The molecule has 0 aliphatic rings. The van der Waals surface area contributed by atoms with E-state index in [2.05, 4.69) is 20.1 Å². The topological polar surface area (TPSA) is 149 Å². The first-order valence-corrected chi connectivity index (χ1v) is 12.5. The third-order valence-electron chi connectivity index (χ3n) is 4.80. The standard InChI is InChI=1S/C12H9F2N5O2S.C11H8ClNO3/c1-7-5-6-19-11(15-7)16-12(17-19)22(20,21)18-10-8(13)3-2-4-9(10)14;12-8-3-4-9(16-6-10(14)15)11-7(8)2-1-5-13-11/h2-6,18H,1H3;1-5H,6H2,(H,14,15). The van der Waals surface area contributed by atoms with Gasteiger partial charge in [-0.25, -0.2) is 23.1 Å². The van der Waals surface area contributed by atoms with E-state index in [0.717, 1.165) is 28.1 Å². The Morgan fingerprint density at radius 2 is 1.84 bits per heavy atom. The summed E-state index contributed by atoms with van der Waals surface area (Å²) in [7, 11) is -4.35. The van der Waals surface area contributed by atoms with Crippen LogP contribution in [0.25, 0.3) is 16.7 Å². The lowest BCUT2D eigenvalue weighted by atomic mass is 10.2. The average molecular weight is 563 g/mol. The zero-order valence-electron chi connectivity index (χ0n) is 19.3. The van der Waals surface area contributed by atoms with E-state index in [-0.39, 0.29) is 5.78 Å². The smallest absolute Gasteiger partial charge is 0.341 e. The van der Waals surface area contributed by atoms with Crippen molar-refractivity contribution in [2.24, 2.45) is 0 Å². The van der Waals surface area contributed by atoms with E-state index in [0.29, 0.717) is 22.0 Å². The van der Waals surface area contributed by atoms with E-state index in [4.69, 9.17) is 21.4 Å². The third-order valence-corrected chi connectivity index (χ3v) is 6.25. The molecule has 2 aromatic carbocycles. The minimum atomic E-state index is -4.35. The summed E-state index contributed by atoms with van der Waals surface area (Å²) in [6.07, 6.45) is 3.08. The SMILES string of the molecule is Cc1ccn2nc(S(=O)(=O)Nc3c(F)cccc3F)nc2n1.O=C(O)COc1ccc(Cl)c2cccnc12. The average Bonchev–Trinajstić information content (AvgIpc) is 3.31. The van der Waals surface area contributed by atoms with Crippen molar-refractivity contribution in [3.8, 4) is 5.75 Å². The van der Waals surface area contributed by atoms with Crippen molar-refractivity contribution in [2.45, 2.75) is 12.1 Å². The maximum Gasteiger partial charge on any atom is 0.341 e. The van der Waals surface area contributed by atoms with Gasteiger partial charge < -0.3 is 9.84 Å². The van der Waals surface area contributed by atoms with E-state index >= 15 is 0 Å². The lowest BCUT2D eigenvalue weighted by Crippen LogP contribution is -2.16. The van der Waals surface area contributed by atoms with Crippen LogP contribution in [0.15, 0.2) is 66.1 Å². The summed E-state index contributed by atoms with van der Waals surface area (Å²) in [5.41, 5.74) is 0.402. The number of nitrogens with one attached hydrogen (secondary N) is 1. The predicted molar refractivity (Wildman–Crippen MR) is 133 cm³/mol. The summed E-state index contributed by atoms with van der Waals surface area (Å²) in [5.74, 6) is -2.63. The molecule has 3 aromatic heterocycles. The molecule has 5 rings (SSSR count). The summed E-state index contributed by atoms with van der Waals surface area (Å²) in [6, 6.07) is 11.4. The number of halogens is 3. The van der Waals surface area contributed by atoms with Gasteiger partial charge in [-0.2, -0.15) is 13.4 Å². The van der Waals surface area contributed by atoms with Crippen LogP contribution < -0.4 is 9.46 Å². The number of aliphatic carboxylic acids is 1. The van der Waals surface area contributed by atoms with Crippen LogP contribution >= 0.6 is 11.6 Å². The number of hydrogen-bond donors (Lipinski definition) is 2. The van der Waals surface area contributed by atoms with Crippen molar-refractivity contribution in [1.29, 1.82) is 0 Å². The summed E-state index contributed by atoms with van der Waals surface area (Å²) in [5, 5.41) is 12.9. The zero-order chi connectivity index (χ0) is 27.4. The molecule has 11 nitrogen and oxygen atoms in total. The van der Waals surface area contributed by atoms with Gasteiger partial charge in [-0.15, -0.1) is 5.10 Å². The lowest BCUT2D eigenvalue weighted by Gasteiger charge is -2.07. The molecule has 0 radical (unpaired) electrons. The number of carboxylic acid groups (broad SMARTS) is 1. The summed E-state index contributed by atoms with van der Waals surface area (Å²) in [4.78, 5) is 22.3. The van der Waals surface area contributed by atoms with Crippen molar-refractivity contribution in [1.82, 2.24) is 24.6 Å². The number of pyridine rings is 1. The second kappa shape index (κ2) is 10.9.